The van der Waals surface area contributed by atoms with E-state index in [1.54, 1.807) is 30.5 Å². The molecule has 1 heterocycles. The Morgan fingerprint density at radius 3 is 2.58 bits per heavy atom. The highest BCUT2D eigenvalue weighted by Crippen LogP contribution is 2.37. The highest BCUT2D eigenvalue weighted by molar-refractivity contribution is 6.74. The molecule has 0 saturated heterocycles. The van der Waals surface area contributed by atoms with Crippen molar-refractivity contribution in [1.29, 1.82) is 0 Å². The molecular formula is C19H26ClN3O2Si. The van der Waals surface area contributed by atoms with Crippen molar-refractivity contribution in [3.63, 3.8) is 0 Å². The molecule has 7 heteroatoms. The van der Waals surface area contributed by atoms with E-state index in [-0.39, 0.29) is 16.1 Å². The fourth-order valence-corrected chi connectivity index (χ4v) is 3.19. The second kappa shape index (κ2) is 7.78. The molecule has 2 aromatic rings. The van der Waals surface area contributed by atoms with Crippen LogP contribution in [0.15, 0.2) is 36.5 Å². The minimum atomic E-state index is -1.84. The maximum Gasteiger partial charge on any atom is 0.257 e. The smallest absolute Gasteiger partial charge is 0.257 e. The summed E-state index contributed by atoms with van der Waals surface area (Å²) in [6, 6.07) is 8.74. The normalized spacial score (nSPS) is 12.1. The van der Waals surface area contributed by atoms with Crippen LogP contribution in [0.1, 0.15) is 36.7 Å². The van der Waals surface area contributed by atoms with Gasteiger partial charge in [-0.2, -0.15) is 0 Å². The van der Waals surface area contributed by atoms with E-state index in [0.29, 0.717) is 23.5 Å². The van der Waals surface area contributed by atoms with Gasteiger partial charge in [-0.3, -0.25) is 4.79 Å². The van der Waals surface area contributed by atoms with Gasteiger partial charge in [0.1, 0.15) is 0 Å². The third-order valence-electron chi connectivity index (χ3n) is 4.77. The number of rotatable bonds is 5. The first-order valence-electron chi connectivity index (χ1n) is 8.45. The molecule has 2 rings (SSSR count). The molecule has 0 saturated carbocycles. The van der Waals surface area contributed by atoms with Crippen LogP contribution in [0.2, 0.25) is 23.3 Å². The third-order valence-corrected chi connectivity index (χ3v) is 9.55. The molecule has 0 fully saturated rings. The Kier molecular flexibility index (Phi) is 6.11. The monoisotopic (exact) mass is 391 g/mol. The Hall–Kier alpha value is -1.89. The quantitative estimate of drug-likeness (QED) is 0.422. The Balaban J connectivity index is 2.10. The highest BCUT2D eigenvalue weighted by Gasteiger charge is 2.37. The minimum Gasteiger partial charge on any atom is -0.413 e. The standard InChI is InChI=1S/C19H26ClN3O2Si/c1-19(2,3)26(4,5)25-12-13-8-9-14(15(21)11-13)18(24)23-16-7-6-10-22-17(16)20/h6-11H,12,21H2,1-5H3,(H,23,24). The van der Waals surface area contributed by atoms with E-state index in [1.165, 1.54) is 0 Å². The summed E-state index contributed by atoms with van der Waals surface area (Å²) < 4.78 is 6.20. The van der Waals surface area contributed by atoms with E-state index >= 15 is 0 Å². The molecule has 0 aliphatic heterocycles. The van der Waals surface area contributed by atoms with Crippen LogP contribution in [0.3, 0.4) is 0 Å². The molecule has 0 aliphatic carbocycles. The van der Waals surface area contributed by atoms with Crippen LogP contribution >= 0.6 is 11.6 Å². The van der Waals surface area contributed by atoms with Gasteiger partial charge < -0.3 is 15.5 Å². The lowest BCUT2D eigenvalue weighted by Crippen LogP contribution is -2.40. The van der Waals surface area contributed by atoms with Crippen molar-refractivity contribution < 1.29 is 9.22 Å². The number of anilines is 2. The molecule has 0 unspecified atom stereocenters. The summed E-state index contributed by atoms with van der Waals surface area (Å²) in [5.41, 5.74) is 8.27. The van der Waals surface area contributed by atoms with Crippen molar-refractivity contribution in [2.75, 3.05) is 11.1 Å². The van der Waals surface area contributed by atoms with Crippen LogP contribution in [0.25, 0.3) is 0 Å². The largest absolute Gasteiger partial charge is 0.413 e. The Labute approximate surface area is 161 Å². The SMILES string of the molecule is CC(C)(C)[Si](C)(C)OCc1ccc(C(=O)Nc2cccnc2Cl)c(N)c1. The second-order valence-electron chi connectivity index (χ2n) is 7.77. The lowest BCUT2D eigenvalue weighted by Gasteiger charge is -2.36. The topological polar surface area (TPSA) is 77.2 Å². The molecule has 3 N–H and O–H groups in total. The molecule has 0 spiro atoms. The summed E-state index contributed by atoms with van der Waals surface area (Å²) in [6.45, 7) is 11.5. The molecule has 0 bridgehead atoms. The molecule has 0 atom stereocenters. The van der Waals surface area contributed by atoms with Gasteiger partial charge in [-0.05, 0) is 48.0 Å². The van der Waals surface area contributed by atoms with Crippen LogP contribution in [0.5, 0.6) is 0 Å². The molecular weight excluding hydrogens is 366 g/mol. The maximum absolute atomic E-state index is 12.4. The Bertz CT molecular complexity index is 804. The number of carbonyl (C=O) groups is 1. The maximum atomic E-state index is 12.4. The van der Waals surface area contributed by atoms with E-state index in [0.717, 1.165) is 5.56 Å². The fraction of sp³-hybridized carbons (Fsp3) is 0.368. The summed E-state index contributed by atoms with van der Waals surface area (Å²) >= 11 is 5.97. The van der Waals surface area contributed by atoms with Crippen LogP contribution in [-0.4, -0.2) is 19.2 Å². The molecule has 26 heavy (non-hydrogen) atoms. The first kappa shape index (κ1) is 20.4. The number of benzene rings is 1. The van der Waals surface area contributed by atoms with Gasteiger partial charge in [0.2, 0.25) is 0 Å². The van der Waals surface area contributed by atoms with Gasteiger partial charge in [0.05, 0.1) is 17.9 Å². The number of nitrogens with zero attached hydrogens (tertiary/aromatic N) is 1. The first-order valence-corrected chi connectivity index (χ1v) is 11.7. The van der Waals surface area contributed by atoms with E-state index in [4.69, 9.17) is 21.8 Å². The lowest BCUT2D eigenvalue weighted by atomic mass is 10.1. The second-order valence-corrected chi connectivity index (χ2v) is 12.9. The molecule has 1 amide bonds. The summed E-state index contributed by atoms with van der Waals surface area (Å²) in [7, 11) is -1.84. The van der Waals surface area contributed by atoms with Gasteiger partial charge in [-0.15, -0.1) is 0 Å². The number of carbonyl (C=O) groups excluding carboxylic acids is 1. The number of nitrogen functional groups attached to an aromatic ring is 1. The van der Waals surface area contributed by atoms with E-state index in [2.05, 4.69) is 44.2 Å². The van der Waals surface area contributed by atoms with Crippen molar-refractivity contribution in [3.8, 4) is 0 Å². The van der Waals surface area contributed by atoms with Gasteiger partial charge >= 0.3 is 0 Å². The van der Waals surface area contributed by atoms with Crippen LogP contribution in [0, 0.1) is 0 Å². The molecule has 1 aromatic carbocycles. The lowest BCUT2D eigenvalue weighted by molar-refractivity contribution is 0.102. The predicted molar refractivity (Wildman–Crippen MR) is 110 cm³/mol. The number of nitrogens with one attached hydrogen (secondary N) is 1. The third kappa shape index (κ3) is 4.84. The van der Waals surface area contributed by atoms with Crippen molar-refractivity contribution in [3.05, 3.63) is 52.8 Å². The molecule has 5 nitrogen and oxygen atoms in total. The Morgan fingerprint density at radius 2 is 2.00 bits per heavy atom. The zero-order chi connectivity index (χ0) is 19.5. The van der Waals surface area contributed by atoms with Crippen LogP contribution in [0.4, 0.5) is 11.4 Å². The number of halogens is 1. The zero-order valence-electron chi connectivity index (χ0n) is 15.9. The van der Waals surface area contributed by atoms with E-state index in [1.807, 2.05) is 6.07 Å². The van der Waals surface area contributed by atoms with E-state index < -0.39 is 8.32 Å². The Morgan fingerprint density at radius 1 is 1.31 bits per heavy atom. The van der Waals surface area contributed by atoms with Crippen molar-refractivity contribution >= 4 is 37.2 Å². The number of hydrogen-bond acceptors (Lipinski definition) is 4. The molecule has 140 valence electrons. The van der Waals surface area contributed by atoms with Gasteiger partial charge in [0, 0.05) is 11.9 Å². The highest BCUT2D eigenvalue weighted by atomic mass is 35.5. The summed E-state index contributed by atoms with van der Waals surface area (Å²) in [5, 5.41) is 3.10. The fourth-order valence-electron chi connectivity index (χ4n) is 2.06. The minimum absolute atomic E-state index is 0.140. The first-order chi connectivity index (χ1) is 12.0. The number of nitrogens with two attached hydrogens (primary N) is 1. The summed E-state index contributed by atoms with van der Waals surface area (Å²) in [5.74, 6) is -0.325. The number of amides is 1. The van der Waals surface area contributed by atoms with Crippen LogP contribution < -0.4 is 11.1 Å². The number of aromatic nitrogens is 1. The van der Waals surface area contributed by atoms with Gasteiger partial charge in [-0.25, -0.2) is 4.98 Å². The van der Waals surface area contributed by atoms with E-state index in [9.17, 15) is 4.79 Å². The van der Waals surface area contributed by atoms with Crippen molar-refractivity contribution in [1.82, 2.24) is 4.98 Å². The van der Waals surface area contributed by atoms with Gasteiger partial charge in [0.25, 0.3) is 5.91 Å². The number of pyridine rings is 1. The van der Waals surface area contributed by atoms with Crippen LogP contribution in [-0.2, 0) is 11.0 Å². The van der Waals surface area contributed by atoms with Gasteiger partial charge in [0.15, 0.2) is 13.5 Å². The molecule has 0 radical (unpaired) electrons. The summed E-state index contributed by atoms with van der Waals surface area (Å²) in [4.78, 5) is 16.4. The van der Waals surface area contributed by atoms with Gasteiger partial charge in [-0.1, -0.05) is 38.4 Å². The average molecular weight is 392 g/mol. The number of hydrogen-bond donors (Lipinski definition) is 2. The zero-order valence-corrected chi connectivity index (χ0v) is 17.6. The molecule has 0 aliphatic rings. The predicted octanol–water partition coefficient (Wildman–Crippen LogP) is 5.09. The molecule has 1 aromatic heterocycles. The van der Waals surface area contributed by atoms with Crippen molar-refractivity contribution in [2.45, 2.75) is 45.5 Å². The van der Waals surface area contributed by atoms with Crippen molar-refractivity contribution in [2.24, 2.45) is 0 Å². The summed E-state index contributed by atoms with van der Waals surface area (Å²) in [6.07, 6.45) is 1.56. The average Bonchev–Trinajstić information content (AvgIpc) is 2.54.